The maximum Gasteiger partial charge on any atom is 0.247 e. The standard InChI is InChI=1S/C26H27N3O2.ClH/c1-18-8-7-13-22(14-18)28-26(31)24(15-19-9-3-2-4-10-19)29-25(30)23-16-20-11-5-6-12-21(20)17-27-23;/h2-14,23-24,27H,15-17H2,1H3,(H,28,31)(H,29,30);1H/t23-,24-;/m0./s1. The van der Waals surface area contributed by atoms with Gasteiger partial charge in [-0.2, -0.15) is 0 Å². The monoisotopic (exact) mass is 449 g/mol. The van der Waals surface area contributed by atoms with Crippen molar-refractivity contribution in [1.82, 2.24) is 10.6 Å². The normalized spacial score (nSPS) is 15.6. The molecule has 2 amide bonds. The second-order valence-electron chi connectivity index (χ2n) is 8.02. The molecule has 1 heterocycles. The van der Waals surface area contributed by atoms with Crippen LogP contribution in [-0.2, 0) is 29.0 Å². The van der Waals surface area contributed by atoms with Crippen molar-refractivity contribution in [2.75, 3.05) is 5.32 Å². The molecule has 0 aliphatic carbocycles. The zero-order valence-electron chi connectivity index (χ0n) is 18.0. The number of halogens is 1. The number of hydrogen-bond donors (Lipinski definition) is 3. The molecule has 1 aliphatic heterocycles. The molecule has 1 aliphatic rings. The fraction of sp³-hybridized carbons (Fsp3) is 0.231. The predicted molar refractivity (Wildman–Crippen MR) is 130 cm³/mol. The second kappa shape index (κ2) is 10.9. The van der Waals surface area contributed by atoms with Crippen molar-refractivity contribution in [2.24, 2.45) is 0 Å². The Bertz CT molecular complexity index is 1070. The SMILES string of the molecule is Cc1cccc(NC(=O)[C@H](Cc2ccccc2)NC(=O)[C@@H]2Cc3ccccc3CN2)c1.Cl. The lowest BCUT2D eigenvalue weighted by Crippen LogP contribution is -2.53. The molecule has 32 heavy (non-hydrogen) atoms. The average molecular weight is 450 g/mol. The van der Waals surface area contributed by atoms with Gasteiger partial charge in [0, 0.05) is 18.7 Å². The van der Waals surface area contributed by atoms with Gasteiger partial charge in [0.05, 0.1) is 6.04 Å². The van der Waals surface area contributed by atoms with Crippen LogP contribution in [0.4, 0.5) is 5.69 Å². The summed E-state index contributed by atoms with van der Waals surface area (Å²) in [5.41, 5.74) is 5.16. The minimum absolute atomic E-state index is 0. The summed E-state index contributed by atoms with van der Waals surface area (Å²) in [6.07, 6.45) is 1.03. The first-order valence-electron chi connectivity index (χ1n) is 10.6. The number of fused-ring (bicyclic) bond motifs is 1. The van der Waals surface area contributed by atoms with Crippen molar-refractivity contribution in [2.45, 2.75) is 38.4 Å². The van der Waals surface area contributed by atoms with E-state index >= 15 is 0 Å². The first kappa shape index (κ1) is 23.5. The molecule has 0 saturated heterocycles. The Balaban J connectivity index is 0.00000289. The van der Waals surface area contributed by atoms with Gasteiger partial charge in [-0.15, -0.1) is 12.4 Å². The van der Waals surface area contributed by atoms with Gasteiger partial charge in [-0.05, 0) is 47.7 Å². The first-order chi connectivity index (χ1) is 15.1. The van der Waals surface area contributed by atoms with Gasteiger partial charge in [-0.1, -0.05) is 66.7 Å². The molecule has 0 saturated carbocycles. The summed E-state index contributed by atoms with van der Waals surface area (Å²) < 4.78 is 0. The molecule has 0 unspecified atom stereocenters. The molecule has 0 spiro atoms. The number of rotatable bonds is 6. The minimum atomic E-state index is -0.672. The molecule has 0 radical (unpaired) electrons. The maximum absolute atomic E-state index is 13.1. The predicted octanol–water partition coefficient (Wildman–Crippen LogP) is 3.80. The van der Waals surface area contributed by atoms with Gasteiger partial charge in [0.15, 0.2) is 0 Å². The van der Waals surface area contributed by atoms with Crippen molar-refractivity contribution < 1.29 is 9.59 Å². The summed E-state index contributed by atoms with van der Waals surface area (Å²) in [6.45, 7) is 2.62. The van der Waals surface area contributed by atoms with E-state index in [1.54, 1.807) is 0 Å². The van der Waals surface area contributed by atoms with E-state index in [1.807, 2.05) is 73.7 Å². The Hall–Kier alpha value is -3.15. The molecule has 3 aromatic rings. The van der Waals surface area contributed by atoms with Crippen LogP contribution >= 0.6 is 12.4 Å². The number of aryl methyl sites for hydroxylation is 1. The second-order valence-corrected chi connectivity index (χ2v) is 8.02. The van der Waals surface area contributed by atoms with E-state index in [9.17, 15) is 9.59 Å². The molecular formula is C26H28ClN3O2. The number of anilines is 1. The smallest absolute Gasteiger partial charge is 0.247 e. The van der Waals surface area contributed by atoms with E-state index in [-0.39, 0.29) is 30.3 Å². The molecule has 2 atom stereocenters. The molecule has 3 aromatic carbocycles. The van der Waals surface area contributed by atoms with E-state index in [0.717, 1.165) is 16.8 Å². The van der Waals surface area contributed by atoms with E-state index < -0.39 is 6.04 Å². The van der Waals surface area contributed by atoms with E-state index in [1.165, 1.54) is 11.1 Å². The van der Waals surface area contributed by atoms with E-state index in [0.29, 0.717) is 19.4 Å². The van der Waals surface area contributed by atoms with Crippen LogP contribution in [0.1, 0.15) is 22.3 Å². The first-order valence-corrected chi connectivity index (χ1v) is 10.6. The Morgan fingerprint density at radius 3 is 2.44 bits per heavy atom. The van der Waals surface area contributed by atoms with Gasteiger partial charge in [-0.25, -0.2) is 0 Å². The van der Waals surface area contributed by atoms with Gasteiger partial charge >= 0.3 is 0 Å². The van der Waals surface area contributed by atoms with Crippen LogP contribution in [0.5, 0.6) is 0 Å². The third kappa shape index (κ3) is 5.96. The highest BCUT2D eigenvalue weighted by Gasteiger charge is 2.28. The molecule has 4 rings (SSSR count). The summed E-state index contributed by atoms with van der Waals surface area (Å²) in [5, 5.41) is 9.24. The molecule has 0 aromatic heterocycles. The topological polar surface area (TPSA) is 70.2 Å². The van der Waals surface area contributed by atoms with Crippen LogP contribution in [-0.4, -0.2) is 23.9 Å². The molecule has 166 valence electrons. The van der Waals surface area contributed by atoms with Crippen LogP contribution < -0.4 is 16.0 Å². The Morgan fingerprint density at radius 2 is 1.69 bits per heavy atom. The summed E-state index contributed by atoms with van der Waals surface area (Å²) in [5.74, 6) is -0.381. The summed E-state index contributed by atoms with van der Waals surface area (Å²) >= 11 is 0. The summed E-state index contributed by atoms with van der Waals surface area (Å²) in [6, 6.07) is 24.5. The lowest BCUT2D eigenvalue weighted by atomic mass is 9.95. The van der Waals surface area contributed by atoms with Crippen molar-refractivity contribution in [3.8, 4) is 0 Å². The minimum Gasteiger partial charge on any atom is -0.343 e. The molecule has 0 fully saturated rings. The zero-order chi connectivity index (χ0) is 21.6. The number of benzene rings is 3. The highest BCUT2D eigenvalue weighted by Crippen LogP contribution is 2.17. The highest BCUT2D eigenvalue weighted by atomic mass is 35.5. The van der Waals surface area contributed by atoms with Crippen LogP contribution in [0, 0.1) is 6.92 Å². The lowest BCUT2D eigenvalue weighted by molar-refractivity contribution is -0.128. The number of carbonyl (C=O) groups excluding carboxylic acids is 2. The fourth-order valence-electron chi connectivity index (χ4n) is 3.92. The van der Waals surface area contributed by atoms with Crippen molar-refractivity contribution in [3.63, 3.8) is 0 Å². The fourth-order valence-corrected chi connectivity index (χ4v) is 3.92. The number of carbonyl (C=O) groups is 2. The molecular weight excluding hydrogens is 422 g/mol. The van der Waals surface area contributed by atoms with Crippen molar-refractivity contribution in [1.29, 1.82) is 0 Å². The molecule has 3 N–H and O–H groups in total. The summed E-state index contributed by atoms with van der Waals surface area (Å²) in [4.78, 5) is 26.2. The van der Waals surface area contributed by atoms with E-state index in [4.69, 9.17) is 0 Å². The number of amides is 2. The summed E-state index contributed by atoms with van der Waals surface area (Å²) in [7, 11) is 0. The average Bonchev–Trinajstić information content (AvgIpc) is 2.79. The van der Waals surface area contributed by atoms with E-state index in [2.05, 4.69) is 28.1 Å². The largest absolute Gasteiger partial charge is 0.343 e. The van der Waals surface area contributed by atoms with Gasteiger partial charge in [0.2, 0.25) is 11.8 Å². The molecule has 0 bridgehead atoms. The zero-order valence-corrected chi connectivity index (χ0v) is 18.8. The quantitative estimate of drug-likeness (QED) is 0.536. The van der Waals surface area contributed by atoms with Crippen LogP contribution in [0.25, 0.3) is 0 Å². The highest BCUT2D eigenvalue weighted by molar-refractivity contribution is 5.98. The van der Waals surface area contributed by atoms with Crippen LogP contribution in [0.2, 0.25) is 0 Å². The number of hydrogen-bond acceptors (Lipinski definition) is 3. The van der Waals surface area contributed by atoms with Crippen LogP contribution in [0.3, 0.4) is 0 Å². The lowest BCUT2D eigenvalue weighted by Gasteiger charge is -2.27. The van der Waals surface area contributed by atoms with Gasteiger partial charge in [0.25, 0.3) is 0 Å². The molecule has 6 heteroatoms. The van der Waals surface area contributed by atoms with Crippen molar-refractivity contribution in [3.05, 3.63) is 101 Å². The Labute approximate surface area is 195 Å². The maximum atomic E-state index is 13.1. The van der Waals surface area contributed by atoms with Gasteiger partial charge in [0.1, 0.15) is 6.04 Å². The van der Waals surface area contributed by atoms with Crippen LogP contribution in [0.15, 0.2) is 78.9 Å². The van der Waals surface area contributed by atoms with Gasteiger partial charge < -0.3 is 16.0 Å². The van der Waals surface area contributed by atoms with Gasteiger partial charge in [-0.3, -0.25) is 9.59 Å². The Kier molecular flexibility index (Phi) is 8.03. The Morgan fingerprint density at radius 1 is 0.969 bits per heavy atom. The van der Waals surface area contributed by atoms with Crippen molar-refractivity contribution >= 4 is 29.9 Å². The molecule has 5 nitrogen and oxygen atoms in total. The third-order valence-corrected chi connectivity index (χ3v) is 5.60. The number of nitrogens with one attached hydrogen (secondary N) is 3. The third-order valence-electron chi connectivity index (χ3n) is 5.60.